The number of nitrogens with zero attached hydrogens (tertiary/aromatic N) is 1. The number of aromatic nitrogens is 1. The first-order valence-corrected chi connectivity index (χ1v) is 5.75. The van der Waals surface area contributed by atoms with Crippen molar-refractivity contribution < 1.29 is 0 Å². The maximum atomic E-state index is 6.15. The van der Waals surface area contributed by atoms with Gasteiger partial charge in [-0.3, -0.25) is 0 Å². The van der Waals surface area contributed by atoms with Gasteiger partial charge in [0.2, 0.25) is 0 Å². The molecule has 0 aliphatic heterocycles. The first-order chi connectivity index (χ1) is 6.98. The number of pyridine rings is 1. The summed E-state index contributed by atoms with van der Waals surface area (Å²) in [5.41, 5.74) is 7.03. The summed E-state index contributed by atoms with van der Waals surface area (Å²) in [5.74, 6) is 0.915. The minimum absolute atomic E-state index is 0.230. The van der Waals surface area contributed by atoms with Crippen LogP contribution in [0.2, 0.25) is 10.2 Å². The Bertz CT molecular complexity index is 390. The molecule has 2 atom stereocenters. The van der Waals surface area contributed by atoms with Gasteiger partial charge in [0.15, 0.2) is 0 Å². The molecule has 15 heavy (non-hydrogen) atoms. The molecule has 1 aliphatic rings. The van der Waals surface area contributed by atoms with Crippen LogP contribution >= 0.6 is 23.2 Å². The summed E-state index contributed by atoms with van der Waals surface area (Å²) in [6, 6.07) is 1.69. The topological polar surface area (TPSA) is 38.9 Å². The molecule has 1 aromatic rings. The number of nitrogens with two attached hydrogens (primary N) is 1. The van der Waals surface area contributed by atoms with Gasteiger partial charge < -0.3 is 5.73 Å². The van der Waals surface area contributed by atoms with Crippen LogP contribution in [0.4, 0.5) is 0 Å². The predicted molar refractivity (Wildman–Crippen MR) is 63.3 cm³/mol. The van der Waals surface area contributed by atoms with E-state index in [4.69, 9.17) is 28.9 Å². The van der Waals surface area contributed by atoms with Crippen molar-refractivity contribution in [3.05, 3.63) is 28.0 Å². The van der Waals surface area contributed by atoms with E-state index in [-0.39, 0.29) is 5.41 Å². The molecule has 0 bridgehead atoms. The predicted octanol–water partition coefficient (Wildman–Crippen LogP) is 3.09. The lowest BCUT2D eigenvalue weighted by Crippen LogP contribution is -2.05. The fourth-order valence-electron chi connectivity index (χ4n) is 2.45. The van der Waals surface area contributed by atoms with E-state index in [9.17, 15) is 0 Å². The average Bonchev–Trinajstić information content (AvgIpc) is 2.68. The second kappa shape index (κ2) is 3.62. The Labute approximate surface area is 99.8 Å². The van der Waals surface area contributed by atoms with E-state index in [1.165, 1.54) is 0 Å². The zero-order valence-electron chi connectivity index (χ0n) is 8.80. The lowest BCUT2D eigenvalue weighted by molar-refractivity contribution is 0.558. The zero-order valence-corrected chi connectivity index (χ0v) is 10.3. The van der Waals surface area contributed by atoms with Gasteiger partial charge in [-0.05, 0) is 35.4 Å². The van der Waals surface area contributed by atoms with E-state index in [0.717, 1.165) is 5.56 Å². The van der Waals surface area contributed by atoms with Crippen molar-refractivity contribution in [1.82, 2.24) is 4.98 Å². The van der Waals surface area contributed by atoms with Crippen LogP contribution in [0.3, 0.4) is 0 Å². The van der Waals surface area contributed by atoms with Crippen LogP contribution < -0.4 is 5.73 Å². The molecular weight excluding hydrogens is 231 g/mol. The lowest BCUT2D eigenvalue weighted by atomic mass is 10.0. The Hall–Kier alpha value is -0.310. The molecule has 1 aliphatic carbocycles. The molecule has 2 rings (SSSR count). The van der Waals surface area contributed by atoms with Crippen molar-refractivity contribution in [3.8, 4) is 0 Å². The van der Waals surface area contributed by atoms with Crippen molar-refractivity contribution >= 4 is 23.2 Å². The molecule has 0 spiro atoms. The Morgan fingerprint density at radius 1 is 1.47 bits per heavy atom. The van der Waals surface area contributed by atoms with Crippen LogP contribution in [-0.4, -0.2) is 11.5 Å². The van der Waals surface area contributed by atoms with Crippen LogP contribution in [0.25, 0.3) is 0 Å². The van der Waals surface area contributed by atoms with Gasteiger partial charge in [0, 0.05) is 11.2 Å². The van der Waals surface area contributed by atoms with E-state index < -0.39 is 0 Å². The van der Waals surface area contributed by atoms with E-state index in [2.05, 4.69) is 18.8 Å². The number of hydrogen-bond acceptors (Lipinski definition) is 2. The molecule has 1 fully saturated rings. The zero-order chi connectivity index (χ0) is 11.2. The maximum absolute atomic E-state index is 6.15. The Balaban J connectivity index is 2.33. The molecule has 2 N–H and O–H groups in total. The summed E-state index contributed by atoms with van der Waals surface area (Å²) in [4.78, 5) is 4.08. The molecule has 4 heteroatoms. The van der Waals surface area contributed by atoms with Crippen LogP contribution in [0.15, 0.2) is 12.3 Å². The third-order valence-electron chi connectivity index (χ3n) is 3.49. The van der Waals surface area contributed by atoms with Crippen molar-refractivity contribution in [2.45, 2.75) is 19.8 Å². The van der Waals surface area contributed by atoms with Crippen molar-refractivity contribution in [3.63, 3.8) is 0 Å². The first kappa shape index (κ1) is 11.2. The monoisotopic (exact) mass is 244 g/mol. The van der Waals surface area contributed by atoms with Gasteiger partial charge in [-0.15, -0.1) is 0 Å². The SMILES string of the molecule is CC1(C)C(CN)C1c1cnc(Cl)cc1Cl. The van der Waals surface area contributed by atoms with Gasteiger partial charge in [0.1, 0.15) is 5.15 Å². The van der Waals surface area contributed by atoms with Crippen molar-refractivity contribution in [2.75, 3.05) is 6.54 Å². The largest absolute Gasteiger partial charge is 0.330 e. The van der Waals surface area contributed by atoms with Crippen LogP contribution in [0.1, 0.15) is 25.3 Å². The van der Waals surface area contributed by atoms with Gasteiger partial charge in [-0.2, -0.15) is 0 Å². The first-order valence-electron chi connectivity index (χ1n) is 4.99. The van der Waals surface area contributed by atoms with Gasteiger partial charge in [0.25, 0.3) is 0 Å². The van der Waals surface area contributed by atoms with Gasteiger partial charge in [-0.1, -0.05) is 37.0 Å². The van der Waals surface area contributed by atoms with E-state index in [0.29, 0.717) is 28.6 Å². The smallest absolute Gasteiger partial charge is 0.130 e. The molecule has 1 aromatic heterocycles. The van der Waals surface area contributed by atoms with Gasteiger partial charge in [-0.25, -0.2) is 4.98 Å². The Morgan fingerprint density at radius 2 is 2.13 bits per heavy atom. The standard InChI is InChI=1S/C11H14Cl2N2/c1-11(2)7(4-14)10(11)6-5-15-9(13)3-8(6)12/h3,5,7,10H,4,14H2,1-2H3. The van der Waals surface area contributed by atoms with Crippen LogP contribution in [0, 0.1) is 11.3 Å². The highest BCUT2D eigenvalue weighted by molar-refractivity contribution is 6.34. The molecule has 0 radical (unpaired) electrons. The molecule has 0 saturated heterocycles. The minimum Gasteiger partial charge on any atom is -0.330 e. The molecule has 82 valence electrons. The van der Waals surface area contributed by atoms with Gasteiger partial charge in [0.05, 0.1) is 0 Å². The highest BCUT2D eigenvalue weighted by Crippen LogP contribution is 2.64. The quantitative estimate of drug-likeness (QED) is 0.813. The summed E-state index contributed by atoms with van der Waals surface area (Å²) in [6.07, 6.45) is 1.77. The third kappa shape index (κ3) is 1.75. The fraction of sp³-hybridized carbons (Fsp3) is 0.545. The Morgan fingerprint density at radius 3 is 2.60 bits per heavy atom. The van der Waals surface area contributed by atoms with Crippen molar-refractivity contribution in [1.29, 1.82) is 0 Å². The molecular formula is C11H14Cl2N2. The molecule has 0 aromatic carbocycles. The highest BCUT2D eigenvalue weighted by atomic mass is 35.5. The molecule has 2 nitrogen and oxygen atoms in total. The lowest BCUT2D eigenvalue weighted by Gasteiger charge is -2.05. The van der Waals surface area contributed by atoms with Crippen molar-refractivity contribution in [2.24, 2.45) is 17.1 Å². The molecule has 2 unspecified atom stereocenters. The van der Waals surface area contributed by atoms with Crippen LogP contribution in [-0.2, 0) is 0 Å². The second-order valence-electron chi connectivity index (χ2n) is 4.67. The number of halogens is 2. The normalized spacial score (nSPS) is 27.8. The maximum Gasteiger partial charge on any atom is 0.130 e. The minimum atomic E-state index is 0.230. The highest BCUT2D eigenvalue weighted by Gasteiger charge is 2.57. The summed E-state index contributed by atoms with van der Waals surface area (Å²) in [5, 5.41) is 1.13. The fourth-order valence-corrected chi connectivity index (χ4v) is 2.93. The van der Waals surface area contributed by atoms with Gasteiger partial charge >= 0.3 is 0 Å². The summed E-state index contributed by atoms with van der Waals surface area (Å²) in [6.45, 7) is 5.11. The number of hydrogen-bond donors (Lipinski definition) is 1. The van der Waals surface area contributed by atoms with E-state index in [1.54, 1.807) is 12.3 Å². The summed E-state index contributed by atoms with van der Waals surface area (Å²) in [7, 11) is 0. The van der Waals surface area contributed by atoms with E-state index >= 15 is 0 Å². The Kier molecular flexibility index (Phi) is 2.70. The average molecular weight is 245 g/mol. The summed E-state index contributed by atoms with van der Waals surface area (Å²) >= 11 is 11.9. The van der Waals surface area contributed by atoms with Crippen LogP contribution in [0.5, 0.6) is 0 Å². The molecule has 1 saturated carbocycles. The number of rotatable bonds is 2. The third-order valence-corrected chi connectivity index (χ3v) is 4.02. The summed E-state index contributed by atoms with van der Waals surface area (Å²) < 4.78 is 0. The molecule has 0 amide bonds. The second-order valence-corrected chi connectivity index (χ2v) is 5.46. The molecule has 1 heterocycles. The van der Waals surface area contributed by atoms with E-state index in [1.807, 2.05) is 0 Å².